The van der Waals surface area contributed by atoms with Crippen molar-refractivity contribution >= 4 is 11.8 Å². The summed E-state index contributed by atoms with van der Waals surface area (Å²) in [4.78, 5) is 11.7. The minimum atomic E-state index is 0.268. The first-order valence-electron chi connectivity index (χ1n) is 7.62. The fourth-order valence-corrected chi connectivity index (χ4v) is 2.82. The minimum absolute atomic E-state index is 0.268. The van der Waals surface area contributed by atoms with Gasteiger partial charge in [-0.25, -0.2) is 4.98 Å². The highest BCUT2D eigenvalue weighted by Crippen LogP contribution is 2.27. The Balaban J connectivity index is 1.85. The second-order valence-corrected chi connectivity index (χ2v) is 5.63. The fourth-order valence-electron chi connectivity index (χ4n) is 2.82. The predicted molar refractivity (Wildman–Crippen MR) is 82.9 cm³/mol. The van der Waals surface area contributed by atoms with Crippen LogP contribution in [0.25, 0.3) is 0 Å². The highest BCUT2D eigenvalue weighted by molar-refractivity contribution is 5.55. The normalized spacial score (nSPS) is 18.9. The Bertz CT molecular complexity index is 489. The van der Waals surface area contributed by atoms with E-state index in [1.807, 2.05) is 0 Å². The zero-order chi connectivity index (χ0) is 14.7. The molecule has 2 aliphatic heterocycles. The Hall–Kier alpha value is -1.44. The number of nitrogens with zero attached hydrogens (tertiary/aromatic N) is 3. The van der Waals surface area contributed by atoms with E-state index in [4.69, 9.17) is 15.5 Å². The van der Waals surface area contributed by atoms with Gasteiger partial charge in [0.25, 0.3) is 0 Å². The molecule has 3 rings (SSSR count). The number of aromatic nitrogens is 2. The Morgan fingerprint density at radius 3 is 2.90 bits per heavy atom. The van der Waals surface area contributed by atoms with Gasteiger partial charge in [-0.2, -0.15) is 4.98 Å². The van der Waals surface area contributed by atoms with Crippen LogP contribution in [0.4, 0.5) is 11.8 Å². The quantitative estimate of drug-likeness (QED) is 0.623. The summed E-state index contributed by atoms with van der Waals surface area (Å²) in [6.07, 6.45) is 1.93. The molecule has 0 bridgehead atoms. The average Bonchev–Trinajstić information content (AvgIpc) is 2.69. The highest BCUT2D eigenvalue weighted by atomic mass is 16.5. The molecule has 0 atom stereocenters. The van der Waals surface area contributed by atoms with Crippen molar-refractivity contribution in [2.24, 2.45) is 5.73 Å². The maximum Gasteiger partial charge on any atom is 0.224 e. The summed E-state index contributed by atoms with van der Waals surface area (Å²) < 4.78 is 5.07. The molecule has 0 unspecified atom stereocenters. The minimum Gasteiger partial charge on any atom is -0.383 e. The van der Waals surface area contributed by atoms with E-state index in [-0.39, 0.29) is 6.04 Å². The second-order valence-electron chi connectivity index (χ2n) is 5.63. The summed E-state index contributed by atoms with van der Waals surface area (Å²) in [6, 6.07) is 0.268. The summed E-state index contributed by atoms with van der Waals surface area (Å²) in [7, 11) is 1.69. The Labute approximate surface area is 125 Å². The lowest BCUT2D eigenvalue weighted by molar-refractivity contribution is 0.210. The maximum absolute atomic E-state index is 5.92. The van der Waals surface area contributed by atoms with Crippen LogP contribution in [-0.2, 0) is 17.6 Å². The third kappa shape index (κ3) is 3.25. The van der Waals surface area contributed by atoms with E-state index in [0.29, 0.717) is 19.1 Å². The molecule has 0 spiro atoms. The van der Waals surface area contributed by atoms with Crippen molar-refractivity contribution in [3.05, 3.63) is 11.3 Å². The van der Waals surface area contributed by atoms with Crippen molar-refractivity contribution in [3.8, 4) is 0 Å². The molecule has 4 N–H and O–H groups in total. The smallest absolute Gasteiger partial charge is 0.224 e. The van der Waals surface area contributed by atoms with Gasteiger partial charge >= 0.3 is 0 Å². The Kier molecular flexibility index (Phi) is 4.52. The molecule has 21 heavy (non-hydrogen) atoms. The van der Waals surface area contributed by atoms with E-state index in [1.54, 1.807) is 7.11 Å². The molecule has 2 aliphatic rings. The summed E-state index contributed by atoms with van der Waals surface area (Å²) in [5.41, 5.74) is 8.36. The molecule has 7 nitrogen and oxygen atoms in total. The molecule has 0 saturated carbocycles. The van der Waals surface area contributed by atoms with E-state index >= 15 is 0 Å². The average molecular weight is 292 g/mol. The van der Waals surface area contributed by atoms with Gasteiger partial charge in [0.2, 0.25) is 5.95 Å². The van der Waals surface area contributed by atoms with E-state index in [2.05, 4.69) is 20.5 Å². The standard InChI is InChI=1S/C14H24N6O/c1-21-7-6-17-14-18-12-3-5-16-4-2-11(12)13(19-14)20-8-10(15)9-20/h10,16H,2-9,15H2,1H3,(H,17,18,19). The number of nitrogens with one attached hydrogen (secondary N) is 2. The van der Waals surface area contributed by atoms with Crippen molar-refractivity contribution in [1.82, 2.24) is 15.3 Å². The van der Waals surface area contributed by atoms with Crippen LogP contribution in [-0.4, -0.2) is 62.5 Å². The third-order valence-corrected chi connectivity index (χ3v) is 3.96. The molecule has 0 amide bonds. The van der Waals surface area contributed by atoms with Gasteiger partial charge in [0.15, 0.2) is 0 Å². The first kappa shape index (κ1) is 14.5. The van der Waals surface area contributed by atoms with Gasteiger partial charge in [0.05, 0.1) is 12.3 Å². The summed E-state index contributed by atoms with van der Waals surface area (Å²) >= 11 is 0. The van der Waals surface area contributed by atoms with Gasteiger partial charge < -0.3 is 26.0 Å². The maximum atomic E-state index is 5.92. The van der Waals surface area contributed by atoms with E-state index in [1.165, 1.54) is 5.56 Å². The lowest BCUT2D eigenvalue weighted by Crippen LogP contribution is -2.56. The zero-order valence-electron chi connectivity index (χ0n) is 12.6. The Morgan fingerprint density at radius 2 is 2.14 bits per heavy atom. The molecular formula is C14H24N6O. The number of ether oxygens (including phenoxy) is 1. The number of nitrogens with two attached hydrogens (primary N) is 1. The lowest BCUT2D eigenvalue weighted by Gasteiger charge is -2.39. The second kappa shape index (κ2) is 6.55. The number of methoxy groups -OCH3 is 1. The van der Waals surface area contributed by atoms with Gasteiger partial charge in [-0.3, -0.25) is 0 Å². The number of hydrogen-bond donors (Lipinski definition) is 3. The number of fused-ring (bicyclic) bond motifs is 1. The molecule has 0 aromatic carbocycles. The first-order chi connectivity index (χ1) is 10.3. The largest absolute Gasteiger partial charge is 0.383 e. The van der Waals surface area contributed by atoms with Crippen LogP contribution in [0.15, 0.2) is 0 Å². The molecule has 1 aromatic rings. The van der Waals surface area contributed by atoms with Crippen LogP contribution in [0.3, 0.4) is 0 Å². The third-order valence-electron chi connectivity index (χ3n) is 3.96. The highest BCUT2D eigenvalue weighted by Gasteiger charge is 2.28. The molecule has 7 heteroatoms. The lowest BCUT2D eigenvalue weighted by atomic mass is 10.1. The molecule has 0 radical (unpaired) electrons. The van der Waals surface area contributed by atoms with Crippen LogP contribution >= 0.6 is 0 Å². The van der Waals surface area contributed by atoms with Crippen molar-refractivity contribution in [2.45, 2.75) is 18.9 Å². The SMILES string of the molecule is COCCNc1nc2c(c(N3CC(N)C3)n1)CCNCC2. The van der Waals surface area contributed by atoms with Crippen molar-refractivity contribution < 1.29 is 4.74 Å². The topological polar surface area (TPSA) is 88.3 Å². The molecular weight excluding hydrogens is 268 g/mol. The molecule has 1 aromatic heterocycles. The van der Waals surface area contributed by atoms with Crippen molar-refractivity contribution in [3.63, 3.8) is 0 Å². The monoisotopic (exact) mass is 292 g/mol. The van der Waals surface area contributed by atoms with Crippen LogP contribution in [0.1, 0.15) is 11.3 Å². The van der Waals surface area contributed by atoms with Gasteiger partial charge in [0, 0.05) is 51.3 Å². The fraction of sp³-hybridized carbons (Fsp3) is 0.714. The van der Waals surface area contributed by atoms with Crippen LogP contribution < -0.4 is 21.3 Å². The van der Waals surface area contributed by atoms with Gasteiger partial charge in [-0.15, -0.1) is 0 Å². The summed E-state index contributed by atoms with van der Waals surface area (Å²) in [5.74, 6) is 1.76. The summed E-state index contributed by atoms with van der Waals surface area (Å²) in [5, 5.41) is 6.67. The van der Waals surface area contributed by atoms with Gasteiger partial charge in [-0.05, 0) is 13.0 Å². The molecule has 1 fully saturated rings. The van der Waals surface area contributed by atoms with Gasteiger partial charge in [0.1, 0.15) is 5.82 Å². The predicted octanol–water partition coefficient (Wildman–Crippen LogP) is -0.630. The van der Waals surface area contributed by atoms with Crippen LogP contribution in [0.5, 0.6) is 0 Å². The molecule has 1 saturated heterocycles. The van der Waals surface area contributed by atoms with E-state index < -0.39 is 0 Å². The molecule has 3 heterocycles. The van der Waals surface area contributed by atoms with Gasteiger partial charge in [-0.1, -0.05) is 0 Å². The van der Waals surface area contributed by atoms with E-state index in [0.717, 1.165) is 50.5 Å². The van der Waals surface area contributed by atoms with Crippen molar-refractivity contribution in [1.29, 1.82) is 0 Å². The Morgan fingerprint density at radius 1 is 1.33 bits per heavy atom. The van der Waals surface area contributed by atoms with Crippen molar-refractivity contribution in [2.75, 3.05) is 56.7 Å². The number of hydrogen-bond acceptors (Lipinski definition) is 7. The van der Waals surface area contributed by atoms with E-state index in [9.17, 15) is 0 Å². The number of anilines is 2. The van der Waals surface area contributed by atoms with Crippen LogP contribution in [0.2, 0.25) is 0 Å². The number of rotatable bonds is 5. The summed E-state index contributed by atoms with van der Waals surface area (Å²) in [6.45, 7) is 5.08. The first-order valence-corrected chi connectivity index (χ1v) is 7.62. The molecule has 0 aliphatic carbocycles. The molecule has 116 valence electrons. The zero-order valence-corrected chi connectivity index (χ0v) is 12.6. The van der Waals surface area contributed by atoms with Crippen LogP contribution in [0, 0.1) is 0 Å².